The molecule has 0 aliphatic rings. The Kier molecular flexibility index (Phi) is 5.22. The van der Waals surface area contributed by atoms with Gasteiger partial charge in [-0.15, -0.1) is 11.8 Å². The first-order chi connectivity index (χ1) is 10.1. The lowest BCUT2D eigenvalue weighted by atomic mass is 10.2. The van der Waals surface area contributed by atoms with Crippen LogP contribution in [0.1, 0.15) is 6.92 Å². The van der Waals surface area contributed by atoms with E-state index in [1.165, 1.54) is 12.1 Å². The van der Waals surface area contributed by atoms with Crippen molar-refractivity contribution < 1.29 is 9.18 Å². The molecule has 0 saturated heterocycles. The maximum absolute atomic E-state index is 13.5. The second-order valence-electron chi connectivity index (χ2n) is 4.57. The number of benzene rings is 2. The second kappa shape index (κ2) is 7.13. The van der Waals surface area contributed by atoms with E-state index < -0.39 is 11.9 Å². The van der Waals surface area contributed by atoms with Crippen LogP contribution in [0.25, 0.3) is 0 Å². The minimum absolute atomic E-state index is 0.189. The Bertz CT molecular complexity index is 633. The molecule has 0 heterocycles. The van der Waals surface area contributed by atoms with Gasteiger partial charge in [-0.25, -0.2) is 4.39 Å². The predicted molar refractivity (Wildman–Crippen MR) is 86.3 cm³/mol. The second-order valence-corrected chi connectivity index (χ2v) is 5.45. The third kappa shape index (κ3) is 4.23. The number of nitrogens with one attached hydrogen (secondary N) is 2. The maximum Gasteiger partial charge on any atom is 0.246 e. The van der Waals surface area contributed by atoms with Crippen LogP contribution in [0.15, 0.2) is 53.4 Å². The summed E-state index contributed by atoms with van der Waals surface area (Å²) in [6, 6.07) is 13.4. The molecule has 0 saturated carbocycles. The molecule has 21 heavy (non-hydrogen) atoms. The van der Waals surface area contributed by atoms with Gasteiger partial charge >= 0.3 is 0 Å². The molecular weight excluding hydrogens is 287 g/mol. The lowest BCUT2D eigenvalue weighted by molar-refractivity contribution is -0.116. The minimum Gasteiger partial charge on any atom is -0.374 e. The summed E-state index contributed by atoms with van der Waals surface area (Å²) in [6.07, 6.45) is 1.99. The molecule has 0 spiro atoms. The predicted octanol–water partition coefficient (Wildman–Crippen LogP) is 3.99. The molecule has 0 aliphatic heterocycles. The normalized spacial score (nSPS) is 11.8. The fourth-order valence-electron chi connectivity index (χ4n) is 1.83. The van der Waals surface area contributed by atoms with Crippen LogP contribution < -0.4 is 10.6 Å². The highest BCUT2D eigenvalue weighted by Gasteiger charge is 2.14. The highest BCUT2D eigenvalue weighted by atomic mass is 32.2. The van der Waals surface area contributed by atoms with Crippen molar-refractivity contribution in [2.24, 2.45) is 0 Å². The summed E-state index contributed by atoms with van der Waals surface area (Å²) >= 11 is 1.63. The van der Waals surface area contributed by atoms with Crippen LogP contribution in [0, 0.1) is 5.82 Å². The molecule has 5 heteroatoms. The number of thioether (sulfide) groups is 1. The fourth-order valence-corrected chi connectivity index (χ4v) is 2.29. The highest BCUT2D eigenvalue weighted by molar-refractivity contribution is 7.98. The number of para-hydroxylation sites is 1. The number of rotatable bonds is 5. The smallest absolute Gasteiger partial charge is 0.246 e. The number of hydrogen-bond donors (Lipinski definition) is 2. The molecule has 0 bridgehead atoms. The zero-order valence-corrected chi connectivity index (χ0v) is 12.7. The van der Waals surface area contributed by atoms with Gasteiger partial charge in [0.1, 0.15) is 11.9 Å². The third-order valence-corrected chi connectivity index (χ3v) is 3.70. The molecule has 1 atom stereocenters. The average Bonchev–Trinajstić information content (AvgIpc) is 2.49. The van der Waals surface area contributed by atoms with E-state index in [0.29, 0.717) is 0 Å². The van der Waals surface area contributed by atoms with E-state index in [4.69, 9.17) is 0 Å². The van der Waals surface area contributed by atoms with Crippen LogP contribution in [-0.2, 0) is 4.79 Å². The molecule has 0 radical (unpaired) electrons. The quantitative estimate of drug-likeness (QED) is 0.821. The number of carbonyl (C=O) groups is 1. The van der Waals surface area contributed by atoms with E-state index >= 15 is 0 Å². The summed E-state index contributed by atoms with van der Waals surface area (Å²) in [5, 5.41) is 5.69. The monoisotopic (exact) mass is 304 g/mol. The summed E-state index contributed by atoms with van der Waals surface area (Å²) in [5.74, 6) is -0.725. The SMILES string of the molecule is CSc1cccc(N[C@H](C)C(=O)Nc2ccccc2F)c1. The first kappa shape index (κ1) is 15.4. The van der Waals surface area contributed by atoms with Crippen LogP contribution in [0.3, 0.4) is 0 Å². The van der Waals surface area contributed by atoms with E-state index in [-0.39, 0.29) is 11.6 Å². The van der Waals surface area contributed by atoms with Gasteiger partial charge < -0.3 is 10.6 Å². The molecule has 2 aromatic carbocycles. The summed E-state index contributed by atoms with van der Waals surface area (Å²) < 4.78 is 13.5. The van der Waals surface area contributed by atoms with Gasteiger partial charge in [0.2, 0.25) is 5.91 Å². The molecule has 3 nitrogen and oxygen atoms in total. The van der Waals surface area contributed by atoms with Crippen molar-refractivity contribution in [3.05, 3.63) is 54.3 Å². The molecule has 1 amide bonds. The van der Waals surface area contributed by atoms with Crippen molar-refractivity contribution in [3.8, 4) is 0 Å². The van der Waals surface area contributed by atoms with Crippen molar-refractivity contribution in [3.63, 3.8) is 0 Å². The fraction of sp³-hybridized carbons (Fsp3) is 0.188. The van der Waals surface area contributed by atoms with Gasteiger partial charge in [0.15, 0.2) is 0 Å². The van der Waals surface area contributed by atoms with Gasteiger partial charge in [0, 0.05) is 10.6 Å². The van der Waals surface area contributed by atoms with Crippen molar-refractivity contribution in [2.45, 2.75) is 17.9 Å². The first-order valence-electron chi connectivity index (χ1n) is 6.56. The van der Waals surface area contributed by atoms with Crippen LogP contribution in [0.5, 0.6) is 0 Å². The summed E-state index contributed by atoms with van der Waals surface area (Å²) in [4.78, 5) is 13.2. The molecular formula is C16H17FN2OS. The van der Waals surface area contributed by atoms with E-state index in [0.717, 1.165) is 10.6 Å². The van der Waals surface area contributed by atoms with Gasteiger partial charge in [-0.1, -0.05) is 18.2 Å². The molecule has 0 aromatic heterocycles. The molecule has 2 N–H and O–H groups in total. The Hall–Kier alpha value is -2.01. The first-order valence-corrected chi connectivity index (χ1v) is 7.78. The summed E-state index contributed by atoms with van der Waals surface area (Å²) in [5.41, 5.74) is 1.05. The van der Waals surface area contributed by atoms with Crippen molar-refractivity contribution >= 4 is 29.0 Å². The van der Waals surface area contributed by atoms with E-state index in [1.54, 1.807) is 30.8 Å². The Morgan fingerprint density at radius 2 is 1.95 bits per heavy atom. The molecule has 0 aliphatic carbocycles. The highest BCUT2D eigenvalue weighted by Crippen LogP contribution is 2.20. The average molecular weight is 304 g/mol. The van der Waals surface area contributed by atoms with Crippen molar-refractivity contribution in [2.75, 3.05) is 16.9 Å². The standard InChI is InChI=1S/C16H17FN2OS/c1-11(18-12-6-5-7-13(10-12)21-2)16(20)19-15-9-4-3-8-14(15)17/h3-11,18H,1-2H3,(H,19,20)/t11-/m1/s1. The van der Waals surface area contributed by atoms with E-state index in [2.05, 4.69) is 10.6 Å². The Morgan fingerprint density at radius 1 is 1.19 bits per heavy atom. The topological polar surface area (TPSA) is 41.1 Å². The molecule has 2 rings (SSSR count). The summed E-state index contributed by atoms with van der Waals surface area (Å²) in [7, 11) is 0. The van der Waals surface area contributed by atoms with Gasteiger partial charge in [0.25, 0.3) is 0 Å². The molecule has 0 unspecified atom stereocenters. The van der Waals surface area contributed by atoms with E-state index in [1.807, 2.05) is 30.5 Å². The minimum atomic E-state index is -0.471. The van der Waals surface area contributed by atoms with Crippen LogP contribution in [-0.4, -0.2) is 18.2 Å². The molecule has 110 valence electrons. The zero-order chi connectivity index (χ0) is 15.2. The molecule has 2 aromatic rings. The van der Waals surface area contributed by atoms with Crippen LogP contribution in [0.2, 0.25) is 0 Å². The number of anilines is 2. The maximum atomic E-state index is 13.5. The number of hydrogen-bond acceptors (Lipinski definition) is 3. The largest absolute Gasteiger partial charge is 0.374 e. The lowest BCUT2D eigenvalue weighted by Crippen LogP contribution is -2.32. The summed E-state index contributed by atoms with van der Waals surface area (Å²) in [6.45, 7) is 1.74. The van der Waals surface area contributed by atoms with E-state index in [9.17, 15) is 9.18 Å². The van der Waals surface area contributed by atoms with Crippen LogP contribution in [0.4, 0.5) is 15.8 Å². The van der Waals surface area contributed by atoms with Crippen LogP contribution >= 0.6 is 11.8 Å². The number of carbonyl (C=O) groups excluding carboxylic acids is 1. The Morgan fingerprint density at radius 3 is 2.67 bits per heavy atom. The number of amides is 1. The van der Waals surface area contributed by atoms with Gasteiger partial charge in [-0.3, -0.25) is 4.79 Å². The van der Waals surface area contributed by atoms with Crippen molar-refractivity contribution in [1.29, 1.82) is 0 Å². The Labute approximate surface area is 127 Å². The molecule has 0 fully saturated rings. The zero-order valence-electron chi connectivity index (χ0n) is 11.9. The van der Waals surface area contributed by atoms with Gasteiger partial charge in [-0.2, -0.15) is 0 Å². The van der Waals surface area contributed by atoms with Gasteiger partial charge in [-0.05, 0) is 43.5 Å². The van der Waals surface area contributed by atoms with Gasteiger partial charge in [0.05, 0.1) is 5.69 Å². The van der Waals surface area contributed by atoms with Crippen molar-refractivity contribution in [1.82, 2.24) is 0 Å². The lowest BCUT2D eigenvalue weighted by Gasteiger charge is -2.16. The third-order valence-electron chi connectivity index (χ3n) is 2.98. The Balaban J connectivity index is 2.01. The number of halogens is 1.